The third kappa shape index (κ3) is 7.04. The van der Waals surface area contributed by atoms with E-state index in [9.17, 15) is 14.4 Å². The van der Waals surface area contributed by atoms with Gasteiger partial charge < -0.3 is 20.0 Å². The fourth-order valence-corrected chi connectivity index (χ4v) is 6.03. The summed E-state index contributed by atoms with van der Waals surface area (Å²) >= 11 is 0. The number of unbranched alkanes of at least 4 members (excludes halogenated alkanes) is 6. The van der Waals surface area contributed by atoms with E-state index in [1.54, 1.807) is 4.90 Å². The van der Waals surface area contributed by atoms with Crippen molar-refractivity contribution in [1.82, 2.24) is 9.80 Å². The van der Waals surface area contributed by atoms with Crippen molar-refractivity contribution in [2.75, 3.05) is 36.5 Å². The summed E-state index contributed by atoms with van der Waals surface area (Å²) in [7, 11) is 0. The first kappa shape index (κ1) is 29.6. The normalized spacial score (nSPS) is 16.6. The van der Waals surface area contributed by atoms with Crippen molar-refractivity contribution >= 4 is 29.1 Å². The number of rotatable bonds is 12. The number of nitrogens with one attached hydrogen (secondary N) is 1. The van der Waals surface area contributed by atoms with Gasteiger partial charge in [0.25, 0.3) is 5.91 Å². The smallest absolute Gasteiger partial charge is 0.250 e. The van der Waals surface area contributed by atoms with Crippen LogP contribution in [-0.2, 0) is 14.4 Å². The number of nitrogens with zero attached hydrogens (tertiary/aromatic N) is 3. The minimum absolute atomic E-state index is 0.00224. The van der Waals surface area contributed by atoms with Crippen LogP contribution in [0.4, 0.5) is 11.4 Å². The van der Waals surface area contributed by atoms with Crippen LogP contribution in [-0.4, -0.2) is 59.4 Å². The number of para-hydroxylation sites is 1. The maximum atomic E-state index is 13.9. The van der Waals surface area contributed by atoms with E-state index in [1.807, 2.05) is 67.3 Å². The molecule has 0 atom stereocenters. The molecule has 2 aromatic carbocycles. The number of carbonyl (C=O) groups is 3. The molecule has 0 aliphatic carbocycles. The quantitative estimate of drug-likeness (QED) is 0.329. The predicted octanol–water partition coefficient (Wildman–Crippen LogP) is 6.05. The van der Waals surface area contributed by atoms with E-state index in [-0.39, 0.29) is 24.3 Å². The highest BCUT2D eigenvalue weighted by Gasteiger charge is 2.54. The number of benzene rings is 2. The predicted molar refractivity (Wildman–Crippen MR) is 161 cm³/mol. The first-order valence-electron chi connectivity index (χ1n) is 15.1. The van der Waals surface area contributed by atoms with Crippen molar-refractivity contribution < 1.29 is 14.4 Å². The van der Waals surface area contributed by atoms with E-state index in [1.165, 1.54) is 37.7 Å². The summed E-state index contributed by atoms with van der Waals surface area (Å²) in [5.74, 6) is -0.0283. The molecule has 2 aliphatic rings. The fourth-order valence-electron chi connectivity index (χ4n) is 6.03. The molecule has 2 heterocycles. The van der Waals surface area contributed by atoms with Gasteiger partial charge in [0.1, 0.15) is 12.1 Å². The molecule has 1 spiro atoms. The van der Waals surface area contributed by atoms with E-state index in [4.69, 9.17) is 0 Å². The average molecular weight is 547 g/mol. The number of amides is 3. The summed E-state index contributed by atoms with van der Waals surface area (Å²) < 4.78 is 0. The minimum Gasteiger partial charge on any atom is -0.342 e. The summed E-state index contributed by atoms with van der Waals surface area (Å²) in [5.41, 5.74) is 3.24. The molecule has 216 valence electrons. The van der Waals surface area contributed by atoms with Crippen LogP contribution in [0, 0.1) is 13.8 Å². The van der Waals surface area contributed by atoms with E-state index >= 15 is 0 Å². The highest BCUT2D eigenvalue weighted by Crippen LogP contribution is 2.39. The number of hydrogen-bond acceptors (Lipinski definition) is 4. The van der Waals surface area contributed by atoms with E-state index in [0.29, 0.717) is 39.0 Å². The number of likely N-dealkylation sites (tertiary alicyclic amines) is 1. The summed E-state index contributed by atoms with van der Waals surface area (Å²) in [4.78, 5) is 45.7. The van der Waals surface area contributed by atoms with Gasteiger partial charge in [-0.1, -0.05) is 69.7 Å². The van der Waals surface area contributed by atoms with Gasteiger partial charge in [0.05, 0.1) is 6.67 Å². The Morgan fingerprint density at radius 3 is 2.23 bits per heavy atom. The molecular weight excluding hydrogens is 500 g/mol. The van der Waals surface area contributed by atoms with E-state index < -0.39 is 5.54 Å². The fraction of sp³-hybridized carbons (Fsp3) is 0.545. The van der Waals surface area contributed by atoms with Crippen LogP contribution in [0.25, 0.3) is 0 Å². The maximum Gasteiger partial charge on any atom is 0.250 e. The zero-order chi connectivity index (χ0) is 28.5. The highest BCUT2D eigenvalue weighted by atomic mass is 16.2. The number of piperidine rings is 1. The van der Waals surface area contributed by atoms with Gasteiger partial charge >= 0.3 is 0 Å². The van der Waals surface area contributed by atoms with Gasteiger partial charge in [-0.15, -0.1) is 0 Å². The van der Waals surface area contributed by atoms with Crippen molar-refractivity contribution in [1.29, 1.82) is 0 Å². The SMILES string of the molecule is CCCCCCCCCC(=O)N1CCC2(CC1)C(=O)N(CC(=O)Nc1ccc(C)c(C)c1)CN2c1ccccc1. The van der Waals surface area contributed by atoms with Gasteiger partial charge in [-0.25, -0.2) is 0 Å². The largest absolute Gasteiger partial charge is 0.342 e. The number of carbonyl (C=O) groups excluding carboxylic acids is 3. The van der Waals surface area contributed by atoms with Gasteiger partial charge in [0, 0.05) is 30.9 Å². The zero-order valence-electron chi connectivity index (χ0n) is 24.6. The van der Waals surface area contributed by atoms with Crippen molar-refractivity contribution in [2.24, 2.45) is 0 Å². The van der Waals surface area contributed by atoms with Crippen LogP contribution in [0.1, 0.15) is 82.3 Å². The Bertz CT molecular complexity index is 1160. The lowest BCUT2D eigenvalue weighted by molar-refractivity contribution is -0.139. The maximum absolute atomic E-state index is 13.9. The molecule has 2 fully saturated rings. The van der Waals surface area contributed by atoms with Gasteiger partial charge in [-0.05, 0) is 68.5 Å². The zero-order valence-corrected chi connectivity index (χ0v) is 24.6. The van der Waals surface area contributed by atoms with Crippen LogP contribution in [0.15, 0.2) is 48.5 Å². The Kier molecular flexibility index (Phi) is 10.2. The summed E-state index contributed by atoms with van der Waals surface area (Å²) in [6, 6.07) is 15.8. The molecule has 2 aromatic rings. The molecule has 0 saturated carbocycles. The number of hydrogen-bond donors (Lipinski definition) is 1. The minimum atomic E-state index is -0.738. The lowest BCUT2D eigenvalue weighted by atomic mass is 9.85. The molecule has 0 unspecified atom stereocenters. The first-order valence-corrected chi connectivity index (χ1v) is 15.1. The van der Waals surface area contributed by atoms with Crippen LogP contribution in [0.2, 0.25) is 0 Å². The molecule has 7 heteroatoms. The van der Waals surface area contributed by atoms with Gasteiger partial charge in [0.2, 0.25) is 11.8 Å². The third-order valence-electron chi connectivity index (χ3n) is 8.64. The van der Waals surface area contributed by atoms with Crippen molar-refractivity contribution in [2.45, 2.75) is 90.5 Å². The Balaban J connectivity index is 1.37. The summed E-state index contributed by atoms with van der Waals surface area (Å²) in [6.07, 6.45) is 10.0. The average Bonchev–Trinajstić information content (AvgIpc) is 3.21. The van der Waals surface area contributed by atoms with Crippen LogP contribution < -0.4 is 10.2 Å². The van der Waals surface area contributed by atoms with Gasteiger partial charge in [-0.3, -0.25) is 14.4 Å². The topological polar surface area (TPSA) is 73.0 Å². The third-order valence-corrected chi connectivity index (χ3v) is 8.64. The Labute approximate surface area is 239 Å². The second-order valence-corrected chi connectivity index (χ2v) is 11.5. The highest BCUT2D eigenvalue weighted by molar-refractivity contribution is 5.99. The molecule has 2 saturated heterocycles. The van der Waals surface area contributed by atoms with Crippen molar-refractivity contribution in [3.63, 3.8) is 0 Å². The molecular formula is C33H46N4O3. The van der Waals surface area contributed by atoms with Gasteiger partial charge in [-0.2, -0.15) is 0 Å². The molecule has 7 nitrogen and oxygen atoms in total. The monoisotopic (exact) mass is 546 g/mol. The molecule has 0 radical (unpaired) electrons. The summed E-state index contributed by atoms with van der Waals surface area (Å²) in [5, 5.41) is 2.96. The second-order valence-electron chi connectivity index (χ2n) is 11.5. The lowest BCUT2D eigenvalue weighted by Gasteiger charge is -2.43. The molecule has 0 bridgehead atoms. The second kappa shape index (κ2) is 13.8. The molecule has 3 amide bonds. The van der Waals surface area contributed by atoms with Crippen molar-refractivity contribution in [3.8, 4) is 0 Å². The lowest BCUT2D eigenvalue weighted by Crippen LogP contribution is -2.57. The van der Waals surface area contributed by atoms with Crippen LogP contribution in [0.5, 0.6) is 0 Å². The molecule has 0 aromatic heterocycles. The van der Waals surface area contributed by atoms with E-state index in [2.05, 4.69) is 17.1 Å². The Hall–Kier alpha value is -3.35. The Morgan fingerprint density at radius 2 is 1.55 bits per heavy atom. The van der Waals surface area contributed by atoms with Gasteiger partial charge in [0.15, 0.2) is 0 Å². The molecule has 40 heavy (non-hydrogen) atoms. The molecule has 4 rings (SSSR count). The van der Waals surface area contributed by atoms with Crippen LogP contribution in [0.3, 0.4) is 0 Å². The molecule has 1 N–H and O–H groups in total. The van der Waals surface area contributed by atoms with E-state index in [0.717, 1.165) is 29.8 Å². The molecule has 2 aliphatic heterocycles. The standard InChI is InChI=1S/C33H46N4O3/c1-4-5-6-7-8-9-13-16-31(39)35-21-19-33(20-22-35)32(40)36(25-37(33)29-14-11-10-12-15-29)24-30(38)34-28-18-17-26(2)27(3)23-28/h10-12,14-15,17-18,23H,4-9,13,16,19-22,24-25H2,1-3H3,(H,34,38). The van der Waals surface area contributed by atoms with Crippen LogP contribution >= 0.6 is 0 Å². The Morgan fingerprint density at radius 1 is 0.875 bits per heavy atom. The first-order chi connectivity index (χ1) is 19.3. The number of anilines is 2. The summed E-state index contributed by atoms with van der Waals surface area (Å²) in [6.45, 7) is 7.76. The van der Waals surface area contributed by atoms with Crippen molar-refractivity contribution in [3.05, 3.63) is 59.7 Å². The number of aryl methyl sites for hydroxylation is 2.